The number of carbonyl (C=O) groups excluding carboxylic acids is 1. The molecule has 1 heterocycles. The Hall–Kier alpha value is -1.00. The highest BCUT2D eigenvalue weighted by Gasteiger charge is 2.14. The highest BCUT2D eigenvalue weighted by molar-refractivity contribution is 8.00. The van der Waals surface area contributed by atoms with Gasteiger partial charge in [0.1, 0.15) is 0 Å². The zero-order chi connectivity index (χ0) is 9.97. The van der Waals surface area contributed by atoms with Crippen LogP contribution in [0.4, 0.5) is 5.69 Å². The molecule has 0 saturated heterocycles. The van der Waals surface area contributed by atoms with Crippen LogP contribution in [0.2, 0.25) is 0 Å². The van der Waals surface area contributed by atoms with Crippen molar-refractivity contribution in [1.29, 1.82) is 0 Å². The Morgan fingerprint density at radius 1 is 1.50 bits per heavy atom. The second-order valence-electron chi connectivity index (χ2n) is 3.21. The van der Waals surface area contributed by atoms with E-state index in [-0.39, 0.29) is 5.91 Å². The number of carbonyl (C=O) groups is 1. The standard InChI is InChI=1S/C10H12N2OS/c11-4-3-7-1-2-8-9(5-7)14-6-10(13)12-8/h1-2,5H,3-4,6,11H2,(H,12,13). The minimum absolute atomic E-state index is 0.0778. The number of benzene rings is 1. The molecule has 1 aromatic rings. The third-order valence-electron chi connectivity index (χ3n) is 2.11. The molecular weight excluding hydrogens is 196 g/mol. The van der Waals surface area contributed by atoms with Crippen molar-refractivity contribution >= 4 is 23.4 Å². The van der Waals surface area contributed by atoms with Gasteiger partial charge in [0.05, 0.1) is 11.4 Å². The second-order valence-corrected chi connectivity index (χ2v) is 4.22. The summed E-state index contributed by atoms with van der Waals surface area (Å²) in [5, 5.41) is 2.84. The third-order valence-corrected chi connectivity index (χ3v) is 3.17. The molecule has 0 bridgehead atoms. The lowest BCUT2D eigenvalue weighted by atomic mass is 10.1. The predicted octanol–water partition coefficient (Wildman–Crippen LogP) is 1.23. The van der Waals surface area contributed by atoms with Gasteiger partial charge >= 0.3 is 0 Å². The number of thioether (sulfide) groups is 1. The molecule has 1 aliphatic rings. The van der Waals surface area contributed by atoms with E-state index < -0.39 is 0 Å². The van der Waals surface area contributed by atoms with Crippen molar-refractivity contribution in [2.75, 3.05) is 17.6 Å². The summed E-state index contributed by atoms with van der Waals surface area (Å²) in [7, 11) is 0. The predicted molar refractivity (Wildman–Crippen MR) is 58.6 cm³/mol. The lowest BCUT2D eigenvalue weighted by molar-refractivity contribution is -0.113. The van der Waals surface area contributed by atoms with Crippen LogP contribution in [-0.4, -0.2) is 18.2 Å². The normalized spacial score (nSPS) is 14.8. The Labute approximate surface area is 87.1 Å². The molecule has 3 N–H and O–H groups in total. The molecule has 4 heteroatoms. The molecule has 0 aliphatic carbocycles. The van der Waals surface area contributed by atoms with E-state index in [0.29, 0.717) is 12.3 Å². The van der Waals surface area contributed by atoms with Crippen LogP contribution in [0.3, 0.4) is 0 Å². The van der Waals surface area contributed by atoms with Crippen molar-refractivity contribution in [2.45, 2.75) is 11.3 Å². The largest absolute Gasteiger partial charge is 0.330 e. The maximum atomic E-state index is 11.1. The van der Waals surface area contributed by atoms with Gasteiger partial charge in [-0.3, -0.25) is 4.79 Å². The van der Waals surface area contributed by atoms with Gasteiger partial charge in [-0.05, 0) is 30.7 Å². The van der Waals surface area contributed by atoms with Crippen LogP contribution in [-0.2, 0) is 11.2 Å². The number of hydrogen-bond donors (Lipinski definition) is 2. The maximum Gasteiger partial charge on any atom is 0.234 e. The third kappa shape index (κ3) is 1.91. The molecule has 2 rings (SSSR count). The minimum Gasteiger partial charge on any atom is -0.330 e. The summed E-state index contributed by atoms with van der Waals surface area (Å²) in [6, 6.07) is 6.06. The molecule has 1 amide bonds. The van der Waals surface area contributed by atoms with E-state index in [1.807, 2.05) is 12.1 Å². The zero-order valence-electron chi connectivity index (χ0n) is 7.75. The molecular formula is C10H12N2OS. The number of fused-ring (bicyclic) bond motifs is 1. The summed E-state index contributed by atoms with van der Waals surface area (Å²) in [5.74, 6) is 0.591. The summed E-state index contributed by atoms with van der Waals surface area (Å²) in [5.41, 5.74) is 7.64. The molecule has 14 heavy (non-hydrogen) atoms. The molecule has 0 unspecified atom stereocenters. The number of hydrogen-bond acceptors (Lipinski definition) is 3. The van der Waals surface area contributed by atoms with Gasteiger partial charge in [0.25, 0.3) is 0 Å². The topological polar surface area (TPSA) is 55.1 Å². The average molecular weight is 208 g/mol. The Morgan fingerprint density at radius 3 is 3.14 bits per heavy atom. The Morgan fingerprint density at radius 2 is 2.36 bits per heavy atom. The van der Waals surface area contributed by atoms with Crippen LogP contribution < -0.4 is 11.1 Å². The summed E-state index contributed by atoms with van der Waals surface area (Å²) in [6.07, 6.45) is 0.891. The van der Waals surface area contributed by atoms with Gasteiger partial charge in [0.2, 0.25) is 5.91 Å². The number of rotatable bonds is 2. The summed E-state index contributed by atoms with van der Waals surface area (Å²) < 4.78 is 0. The molecule has 74 valence electrons. The van der Waals surface area contributed by atoms with Gasteiger partial charge in [0.15, 0.2) is 0 Å². The van der Waals surface area contributed by atoms with Gasteiger partial charge in [-0.1, -0.05) is 6.07 Å². The van der Waals surface area contributed by atoms with E-state index in [1.165, 1.54) is 5.56 Å². The molecule has 1 aliphatic heterocycles. The first-order chi connectivity index (χ1) is 6.79. The van der Waals surface area contributed by atoms with E-state index in [2.05, 4.69) is 11.4 Å². The minimum atomic E-state index is 0.0778. The van der Waals surface area contributed by atoms with Crippen molar-refractivity contribution in [1.82, 2.24) is 0 Å². The van der Waals surface area contributed by atoms with Gasteiger partial charge in [0, 0.05) is 4.90 Å². The van der Waals surface area contributed by atoms with E-state index in [1.54, 1.807) is 11.8 Å². The SMILES string of the molecule is NCCc1ccc2c(c1)SCC(=O)N2. The van der Waals surface area contributed by atoms with Gasteiger partial charge in [-0.15, -0.1) is 11.8 Å². The van der Waals surface area contributed by atoms with Crippen LogP contribution >= 0.6 is 11.8 Å². The maximum absolute atomic E-state index is 11.1. The van der Waals surface area contributed by atoms with Crippen molar-refractivity contribution in [2.24, 2.45) is 5.73 Å². The molecule has 0 atom stereocenters. The number of nitrogens with one attached hydrogen (secondary N) is 1. The lowest BCUT2D eigenvalue weighted by Gasteiger charge is -2.16. The van der Waals surface area contributed by atoms with E-state index in [0.717, 1.165) is 17.0 Å². The molecule has 1 aromatic carbocycles. The first-order valence-corrected chi connectivity index (χ1v) is 5.54. The number of anilines is 1. The number of nitrogens with two attached hydrogens (primary N) is 1. The highest BCUT2D eigenvalue weighted by atomic mass is 32.2. The molecule has 0 saturated carbocycles. The molecule has 3 nitrogen and oxygen atoms in total. The summed E-state index contributed by atoms with van der Waals surface area (Å²) in [6.45, 7) is 0.663. The fraction of sp³-hybridized carbons (Fsp3) is 0.300. The molecule has 0 aromatic heterocycles. The first-order valence-electron chi connectivity index (χ1n) is 4.55. The quantitative estimate of drug-likeness (QED) is 0.768. The van der Waals surface area contributed by atoms with Crippen molar-refractivity contribution in [3.05, 3.63) is 23.8 Å². The van der Waals surface area contributed by atoms with Gasteiger partial charge in [-0.2, -0.15) is 0 Å². The van der Waals surface area contributed by atoms with Crippen molar-refractivity contribution in [3.8, 4) is 0 Å². The average Bonchev–Trinajstić information content (AvgIpc) is 2.19. The van der Waals surface area contributed by atoms with Gasteiger partial charge < -0.3 is 11.1 Å². The van der Waals surface area contributed by atoms with Crippen LogP contribution in [0.15, 0.2) is 23.1 Å². The zero-order valence-corrected chi connectivity index (χ0v) is 8.56. The first kappa shape index (κ1) is 9.55. The van der Waals surface area contributed by atoms with Gasteiger partial charge in [-0.25, -0.2) is 0 Å². The van der Waals surface area contributed by atoms with Crippen LogP contribution in [0.25, 0.3) is 0 Å². The van der Waals surface area contributed by atoms with Crippen molar-refractivity contribution < 1.29 is 4.79 Å². The van der Waals surface area contributed by atoms with Crippen LogP contribution in [0.1, 0.15) is 5.56 Å². The van der Waals surface area contributed by atoms with Crippen molar-refractivity contribution in [3.63, 3.8) is 0 Å². The fourth-order valence-corrected chi connectivity index (χ4v) is 2.31. The monoisotopic (exact) mass is 208 g/mol. The second kappa shape index (κ2) is 4.02. The highest BCUT2D eigenvalue weighted by Crippen LogP contribution is 2.31. The van der Waals surface area contributed by atoms with E-state index >= 15 is 0 Å². The molecule has 0 fully saturated rings. The van der Waals surface area contributed by atoms with E-state index in [9.17, 15) is 4.79 Å². The Kier molecular flexibility index (Phi) is 2.74. The molecule has 0 spiro atoms. The molecule has 0 radical (unpaired) electrons. The number of amides is 1. The summed E-state index contributed by atoms with van der Waals surface area (Å²) in [4.78, 5) is 12.2. The fourth-order valence-electron chi connectivity index (χ4n) is 1.44. The Bertz CT molecular complexity index is 365. The smallest absolute Gasteiger partial charge is 0.234 e. The van der Waals surface area contributed by atoms with E-state index in [4.69, 9.17) is 5.73 Å². The Balaban J connectivity index is 2.26. The summed E-state index contributed by atoms with van der Waals surface area (Å²) >= 11 is 1.58. The van der Waals surface area contributed by atoms with Crippen LogP contribution in [0.5, 0.6) is 0 Å². The van der Waals surface area contributed by atoms with Crippen LogP contribution in [0, 0.1) is 0 Å². The lowest BCUT2D eigenvalue weighted by Crippen LogP contribution is -2.18.